The fraction of sp³-hybridized carbons (Fsp3) is 0.750. The Bertz CT molecular complexity index is 309. The van der Waals surface area contributed by atoms with Gasteiger partial charge in [-0.1, -0.05) is 13.8 Å². The first-order valence-corrected chi connectivity index (χ1v) is 5.52. The molecular weight excluding hydrogens is 202 g/mol. The van der Waals surface area contributed by atoms with E-state index in [1.165, 1.54) is 0 Å². The first kappa shape index (κ1) is 14.5. The van der Waals surface area contributed by atoms with Crippen LogP contribution in [0.5, 0.6) is 0 Å². The highest BCUT2D eigenvalue weighted by atomic mass is 16.2. The molecule has 0 radical (unpaired) electrons. The SMILES string of the molecule is CC(C)C(C#N)C(=O)N(CCC#N)C(C)C. The Balaban J connectivity index is 4.74. The Hall–Kier alpha value is -1.55. The molecule has 0 saturated heterocycles. The quantitative estimate of drug-likeness (QED) is 0.712. The Morgan fingerprint density at radius 2 is 1.81 bits per heavy atom. The molecule has 0 heterocycles. The minimum Gasteiger partial charge on any atom is -0.338 e. The molecule has 4 nitrogen and oxygen atoms in total. The number of nitriles is 2. The number of rotatable bonds is 5. The zero-order valence-corrected chi connectivity index (χ0v) is 10.4. The van der Waals surface area contributed by atoms with Crippen molar-refractivity contribution in [2.75, 3.05) is 6.54 Å². The van der Waals surface area contributed by atoms with Crippen molar-refractivity contribution in [3.63, 3.8) is 0 Å². The summed E-state index contributed by atoms with van der Waals surface area (Å²) in [5, 5.41) is 17.5. The van der Waals surface area contributed by atoms with E-state index in [2.05, 4.69) is 0 Å². The smallest absolute Gasteiger partial charge is 0.240 e. The van der Waals surface area contributed by atoms with Crippen LogP contribution in [-0.4, -0.2) is 23.4 Å². The highest BCUT2D eigenvalue weighted by Crippen LogP contribution is 2.15. The number of carbonyl (C=O) groups excluding carboxylic acids is 1. The van der Waals surface area contributed by atoms with Crippen molar-refractivity contribution in [3.05, 3.63) is 0 Å². The van der Waals surface area contributed by atoms with Crippen LogP contribution in [0.3, 0.4) is 0 Å². The second-order valence-corrected chi connectivity index (χ2v) is 4.38. The van der Waals surface area contributed by atoms with E-state index in [-0.39, 0.29) is 17.9 Å². The van der Waals surface area contributed by atoms with E-state index in [0.717, 1.165) is 0 Å². The summed E-state index contributed by atoms with van der Waals surface area (Å²) in [6.45, 7) is 7.90. The van der Waals surface area contributed by atoms with E-state index in [1.807, 2.05) is 39.8 Å². The summed E-state index contributed by atoms with van der Waals surface area (Å²) in [4.78, 5) is 13.7. The van der Waals surface area contributed by atoms with Crippen molar-refractivity contribution in [1.29, 1.82) is 10.5 Å². The van der Waals surface area contributed by atoms with Crippen LogP contribution in [0.15, 0.2) is 0 Å². The topological polar surface area (TPSA) is 67.9 Å². The van der Waals surface area contributed by atoms with Crippen LogP contribution in [0.4, 0.5) is 0 Å². The van der Waals surface area contributed by atoms with Crippen molar-refractivity contribution in [2.45, 2.75) is 40.2 Å². The van der Waals surface area contributed by atoms with Gasteiger partial charge in [-0.2, -0.15) is 10.5 Å². The molecule has 1 unspecified atom stereocenters. The summed E-state index contributed by atoms with van der Waals surface area (Å²) in [6.07, 6.45) is 0.306. The van der Waals surface area contributed by atoms with Gasteiger partial charge in [-0.3, -0.25) is 4.79 Å². The highest BCUT2D eigenvalue weighted by molar-refractivity contribution is 5.81. The molecule has 4 heteroatoms. The highest BCUT2D eigenvalue weighted by Gasteiger charge is 2.28. The molecule has 88 valence electrons. The van der Waals surface area contributed by atoms with Gasteiger partial charge in [0.15, 0.2) is 0 Å². The Kier molecular flexibility index (Phi) is 6.18. The maximum absolute atomic E-state index is 12.1. The lowest BCUT2D eigenvalue weighted by Crippen LogP contribution is -2.42. The van der Waals surface area contributed by atoms with E-state index in [1.54, 1.807) is 4.90 Å². The molecule has 0 aliphatic carbocycles. The molecule has 0 aliphatic heterocycles. The third kappa shape index (κ3) is 3.90. The molecule has 0 fully saturated rings. The van der Waals surface area contributed by atoms with Crippen LogP contribution < -0.4 is 0 Å². The molecule has 0 aromatic heterocycles. The van der Waals surface area contributed by atoms with Gasteiger partial charge in [-0.05, 0) is 19.8 Å². The van der Waals surface area contributed by atoms with E-state index >= 15 is 0 Å². The van der Waals surface area contributed by atoms with Gasteiger partial charge in [0.25, 0.3) is 0 Å². The van der Waals surface area contributed by atoms with Gasteiger partial charge < -0.3 is 4.90 Å². The Labute approximate surface area is 97.5 Å². The maximum atomic E-state index is 12.1. The minimum atomic E-state index is -0.610. The lowest BCUT2D eigenvalue weighted by molar-refractivity contribution is -0.136. The Morgan fingerprint density at radius 1 is 1.25 bits per heavy atom. The van der Waals surface area contributed by atoms with Crippen LogP contribution >= 0.6 is 0 Å². The van der Waals surface area contributed by atoms with Crippen LogP contribution in [0, 0.1) is 34.5 Å². The molecule has 0 aromatic carbocycles. The largest absolute Gasteiger partial charge is 0.338 e. The Morgan fingerprint density at radius 3 is 2.12 bits per heavy atom. The van der Waals surface area contributed by atoms with Gasteiger partial charge in [0.05, 0.1) is 18.6 Å². The first-order valence-electron chi connectivity index (χ1n) is 5.52. The number of nitrogens with zero attached hydrogens (tertiary/aromatic N) is 3. The van der Waals surface area contributed by atoms with Crippen LogP contribution in [0.2, 0.25) is 0 Å². The van der Waals surface area contributed by atoms with E-state index in [0.29, 0.717) is 13.0 Å². The monoisotopic (exact) mass is 221 g/mol. The molecular formula is C12H19N3O. The number of hydrogen-bond donors (Lipinski definition) is 0. The van der Waals surface area contributed by atoms with Crippen molar-refractivity contribution in [2.24, 2.45) is 11.8 Å². The fourth-order valence-electron chi connectivity index (χ4n) is 1.46. The standard InChI is InChI=1S/C12H19N3O/c1-9(2)11(8-14)12(16)15(10(3)4)7-5-6-13/h9-11H,5,7H2,1-4H3. The predicted molar refractivity (Wildman–Crippen MR) is 61.0 cm³/mol. The number of amides is 1. The fourth-order valence-corrected chi connectivity index (χ4v) is 1.46. The molecule has 0 saturated carbocycles. The van der Waals surface area contributed by atoms with Crippen molar-refractivity contribution in [3.8, 4) is 12.1 Å². The van der Waals surface area contributed by atoms with Gasteiger partial charge in [-0.15, -0.1) is 0 Å². The number of hydrogen-bond acceptors (Lipinski definition) is 3. The summed E-state index contributed by atoms with van der Waals surface area (Å²) >= 11 is 0. The molecule has 0 N–H and O–H groups in total. The van der Waals surface area contributed by atoms with Crippen LogP contribution in [0.1, 0.15) is 34.1 Å². The van der Waals surface area contributed by atoms with Gasteiger partial charge >= 0.3 is 0 Å². The first-order chi connectivity index (χ1) is 7.45. The lowest BCUT2D eigenvalue weighted by atomic mass is 9.95. The number of carbonyl (C=O) groups is 1. The molecule has 0 spiro atoms. The van der Waals surface area contributed by atoms with Crippen LogP contribution in [-0.2, 0) is 4.79 Å². The molecule has 0 aliphatic rings. The third-order valence-corrected chi connectivity index (χ3v) is 2.44. The molecule has 0 rings (SSSR count). The average Bonchev–Trinajstić information content (AvgIpc) is 2.18. The van der Waals surface area contributed by atoms with E-state index in [4.69, 9.17) is 10.5 Å². The molecule has 1 amide bonds. The summed E-state index contributed by atoms with van der Waals surface area (Å²) in [7, 11) is 0. The summed E-state index contributed by atoms with van der Waals surface area (Å²) in [5.41, 5.74) is 0. The summed E-state index contributed by atoms with van der Waals surface area (Å²) in [6, 6.07) is 4.08. The molecule has 0 aromatic rings. The minimum absolute atomic E-state index is 0.000774. The van der Waals surface area contributed by atoms with Crippen molar-refractivity contribution >= 4 is 5.91 Å². The van der Waals surface area contributed by atoms with E-state index in [9.17, 15) is 4.79 Å². The molecule has 1 atom stereocenters. The zero-order valence-electron chi connectivity index (χ0n) is 10.4. The van der Waals surface area contributed by atoms with E-state index < -0.39 is 5.92 Å². The van der Waals surface area contributed by atoms with Crippen molar-refractivity contribution < 1.29 is 4.79 Å². The van der Waals surface area contributed by atoms with Gasteiger partial charge in [-0.25, -0.2) is 0 Å². The predicted octanol–water partition coefficient (Wildman–Crippen LogP) is 1.93. The maximum Gasteiger partial charge on any atom is 0.240 e. The van der Waals surface area contributed by atoms with Crippen molar-refractivity contribution in [1.82, 2.24) is 4.90 Å². The lowest BCUT2D eigenvalue weighted by Gasteiger charge is -2.28. The second-order valence-electron chi connectivity index (χ2n) is 4.38. The van der Waals surface area contributed by atoms with Gasteiger partial charge in [0.1, 0.15) is 5.92 Å². The second kappa shape index (κ2) is 6.85. The molecule has 16 heavy (non-hydrogen) atoms. The van der Waals surface area contributed by atoms with Gasteiger partial charge in [0, 0.05) is 12.6 Å². The average molecular weight is 221 g/mol. The zero-order chi connectivity index (χ0) is 12.7. The van der Waals surface area contributed by atoms with Gasteiger partial charge in [0.2, 0.25) is 5.91 Å². The molecule has 0 bridgehead atoms. The summed E-state index contributed by atoms with van der Waals surface area (Å²) < 4.78 is 0. The third-order valence-electron chi connectivity index (χ3n) is 2.44. The summed E-state index contributed by atoms with van der Waals surface area (Å²) in [5.74, 6) is -0.773. The normalized spacial score (nSPS) is 12.0. The van der Waals surface area contributed by atoms with Crippen LogP contribution in [0.25, 0.3) is 0 Å².